The first-order valence-electron chi connectivity index (χ1n) is 13.6. The lowest BCUT2D eigenvalue weighted by Crippen LogP contribution is -2.12. The highest BCUT2D eigenvalue weighted by molar-refractivity contribution is 6.30. The monoisotopic (exact) mass is 625 g/mol. The molecule has 0 aliphatic rings. The third-order valence-corrected chi connectivity index (χ3v) is 4.81. The fraction of sp³-hybridized carbons (Fsp3) is 0.375. The van der Waals surface area contributed by atoms with Crippen molar-refractivity contribution in [1.29, 1.82) is 0 Å². The average molecular weight is 626 g/mol. The Bertz CT molecular complexity index is 1240. The van der Waals surface area contributed by atoms with Gasteiger partial charge in [0, 0.05) is 23.3 Å². The van der Waals surface area contributed by atoms with Gasteiger partial charge in [-0.2, -0.15) is 0 Å². The lowest BCUT2D eigenvalue weighted by Gasteiger charge is -2.13. The highest BCUT2D eigenvalue weighted by Crippen LogP contribution is 2.32. The van der Waals surface area contributed by atoms with Crippen molar-refractivity contribution in [3.05, 3.63) is 91.9 Å². The molecule has 4 N–H and O–H groups in total. The van der Waals surface area contributed by atoms with Crippen LogP contribution in [0, 0.1) is 31.4 Å². The van der Waals surface area contributed by atoms with Gasteiger partial charge in [-0.25, -0.2) is 8.78 Å². The molecule has 3 aromatic rings. The molecule has 0 radical (unpaired) electrons. The number of hydrogen-bond donors (Lipinski definition) is 4. The number of pyridine rings is 1. The Kier molecular flexibility index (Phi) is 27.3. The molecular weight excluding hydrogens is 580 g/mol. The zero-order valence-electron chi connectivity index (χ0n) is 26.5. The predicted molar refractivity (Wildman–Crippen MR) is 172 cm³/mol. The second kappa shape index (κ2) is 27.0. The van der Waals surface area contributed by atoms with Crippen LogP contribution in [0.3, 0.4) is 0 Å². The van der Waals surface area contributed by atoms with E-state index >= 15 is 0 Å². The molecule has 240 valence electrons. The number of halogens is 3. The maximum absolute atomic E-state index is 13.8. The van der Waals surface area contributed by atoms with Gasteiger partial charge in [0.1, 0.15) is 0 Å². The molecule has 0 saturated carbocycles. The van der Waals surface area contributed by atoms with Crippen LogP contribution in [0.25, 0.3) is 11.1 Å². The second-order valence-electron chi connectivity index (χ2n) is 8.96. The summed E-state index contributed by atoms with van der Waals surface area (Å²) in [6.45, 7) is 17.0. The molecule has 1 amide bonds. The molecule has 0 aliphatic carbocycles. The number of aryl methyl sites for hydroxylation is 2. The van der Waals surface area contributed by atoms with E-state index in [1.54, 1.807) is 18.2 Å². The number of rotatable bonds is 6. The van der Waals surface area contributed by atoms with E-state index in [4.69, 9.17) is 21.5 Å². The van der Waals surface area contributed by atoms with Crippen LogP contribution in [0.5, 0.6) is 0 Å². The first-order chi connectivity index (χ1) is 20.3. The zero-order chi connectivity index (χ0) is 34.0. The van der Waals surface area contributed by atoms with Gasteiger partial charge in [0.2, 0.25) is 6.41 Å². The Morgan fingerprint density at radius 2 is 1.51 bits per heavy atom. The van der Waals surface area contributed by atoms with Gasteiger partial charge in [-0.15, -0.1) is 0 Å². The van der Waals surface area contributed by atoms with Crippen molar-refractivity contribution in [2.75, 3.05) is 13.6 Å². The number of H-pyrrole nitrogens is 1. The molecule has 3 rings (SSSR count). The molecule has 43 heavy (non-hydrogen) atoms. The van der Waals surface area contributed by atoms with Crippen LogP contribution in [-0.4, -0.2) is 42.9 Å². The van der Waals surface area contributed by atoms with E-state index in [-0.39, 0.29) is 29.7 Å². The largest absolute Gasteiger partial charge is 0.483 e. The number of nitrogens with one attached hydrogen (secondary N) is 3. The van der Waals surface area contributed by atoms with Crippen LogP contribution >= 0.6 is 11.6 Å². The number of carbonyl (C=O) groups is 3. The molecule has 1 heterocycles. The average Bonchev–Trinajstić information content (AvgIpc) is 2.95. The number of aldehydes is 1. The van der Waals surface area contributed by atoms with Gasteiger partial charge < -0.3 is 20.7 Å². The van der Waals surface area contributed by atoms with E-state index in [9.17, 15) is 23.2 Å². The molecule has 11 heteroatoms. The van der Waals surface area contributed by atoms with Crippen molar-refractivity contribution in [2.24, 2.45) is 5.92 Å². The topological polar surface area (TPSA) is 128 Å². The molecule has 0 saturated heterocycles. The van der Waals surface area contributed by atoms with Crippen molar-refractivity contribution >= 4 is 30.8 Å². The smallest absolute Gasteiger partial charge is 0.290 e. The van der Waals surface area contributed by atoms with Crippen molar-refractivity contribution in [3.8, 4) is 11.1 Å². The number of benzene rings is 2. The molecule has 0 bridgehead atoms. The van der Waals surface area contributed by atoms with E-state index in [1.165, 1.54) is 18.3 Å². The van der Waals surface area contributed by atoms with Gasteiger partial charge in [0.15, 0.2) is 17.9 Å². The predicted octanol–water partition coefficient (Wildman–Crippen LogP) is 6.95. The summed E-state index contributed by atoms with van der Waals surface area (Å²) in [5.41, 5.74) is 3.05. The van der Waals surface area contributed by atoms with Gasteiger partial charge in [-0.3, -0.25) is 19.2 Å². The summed E-state index contributed by atoms with van der Waals surface area (Å²) in [5, 5.41) is 12.8. The van der Waals surface area contributed by atoms with E-state index in [1.807, 2.05) is 34.7 Å². The lowest BCUT2D eigenvalue weighted by molar-refractivity contribution is -0.122. The minimum absolute atomic E-state index is 0.0637. The van der Waals surface area contributed by atoms with Gasteiger partial charge in [0.25, 0.3) is 12.0 Å². The number of carboxylic acid groups (broad SMARTS) is 1. The van der Waals surface area contributed by atoms with Crippen LogP contribution < -0.4 is 16.2 Å². The molecule has 0 unspecified atom stereocenters. The fourth-order valence-corrected chi connectivity index (χ4v) is 3.29. The van der Waals surface area contributed by atoms with E-state index in [2.05, 4.69) is 43.3 Å². The summed E-state index contributed by atoms with van der Waals surface area (Å²) in [4.78, 5) is 41.6. The SMILES string of the molecule is CC.CC(C)C.CCNC.Cc1cc(Cl)cc(C)c1-c1cc(F)c(F)c(CNC=O)c1.O=CO.O=Cc1ccc[nH]c1=O. The lowest BCUT2D eigenvalue weighted by atomic mass is 9.94. The Hall–Kier alpha value is -3.89. The quantitative estimate of drug-likeness (QED) is 0.219. The molecule has 0 spiro atoms. The highest BCUT2D eigenvalue weighted by Gasteiger charge is 2.14. The van der Waals surface area contributed by atoms with Crippen LogP contribution in [0.2, 0.25) is 5.02 Å². The maximum Gasteiger partial charge on any atom is 0.290 e. The molecule has 0 atom stereocenters. The molecular formula is C32H46ClF2N3O5. The normalized spacial score (nSPS) is 8.95. The number of amides is 1. The number of carbonyl (C=O) groups excluding carboxylic acids is 2. The number of aromatic nitrogens is 1. The van der Waals surface area contributed by atoms with Crippen LogP contribution in [-0.2, 0) is 16.1 Å². The van der Waals surface area contributed by atoms with Crippen LogP contribution in [0.15, 0.2) is 47.4 Å². The minimum atomic E-state index is -0.947. The Morgan fingerprint density at radius 3 is 1.88 bits per heavy atom. The van der Waals surface area contributed by atoms with E-state index in [0.717, 1.165) is 35.2 Å². The molecule has 0 aliphatic heterocycles. The summed E-state index contributed by atoms with van der Waals surface area (Å²) < 4.78 is 27.5. The minimum Gasteiger partial charge on any atom is -0.483 e. The summed E-state index contributed by atoms with van der Waals surface area (Å²) in [5.74, 6) is -1.05. The molecule has 1 aromatic heterocycles. The number of aromatic amines is 1. The van der Waals surface area contributed by atoms with Crippen molar-refractivity contribution < 1.29 is 28.3 Å². The highest BCUT2D eigenvalue weighted by atomic mass is 35.5. The standard InChI is InChI=1S/C16H14ClF2NO.C6H5NO2.C4H10.C3H9N.C2H6.CH2O2/c1-9-3-13(17)4-10(2)15(9)11-5-12(7-20-8-21)16(19)14(18)6-11;8-4-5-2-1-3-7-6(5)9;1-4(2)3;1-3-4-2;1-2;2-1-3/h3-6,8H,7H2,1-2H3,(H,20,21);1-4H,(H,7,9);4H,1-3H3;4H,3H2,1-2H3;1-2H3;1H,(H,2,3). The van der Waals surface area contributed by atoms with Gasteiger partial charge in [0.05, 0.1) is 5.56 Å². The van der Waals surface area contributed by atoms with Gasteiger partial charge in [-0.1, -0.05) is 53.1 Å². The van der Waals surface area contributed by atoms with Crippen molar-refractivity contribution in [3.63, 3.8) is 0 Å². The van der Waals surface area contributed by atoms with Gasteiger partial charge >= 0.3 is 0 Å². The summed E-state index contributed by atoms with van der Waals surface area (Å²) in [6.07, 6.45) is 2.46. The second-order valence-corrected chi connectivity index (χ2v) is 9.40. The first-order valence-corrected chi connectivity index (χ1v) is 14.0. The third kappa shape index (κ3) is 19.8. The number of hydrogen-bond acceptors (Lipinski definition) is 5. The van der Waals surface area contributed by atoms with Crippen LogP contribution in [0.4, 0.5) is 8.78 Å². The summed E-state index contributed by atoms with van der Waals surface area (Å²) >= 11 is 5.98. The Balaban J connectivity index is -0.000000597. The van der Waals surface area contributed by atoms with E-state index in [0.29, 0.717) is 23.3 Å². The Morgan fingerprint density at radius 1 is 1.02 bits per heavy atom. The van der Waals surface area contributed by atoms with Gasteiger partial charge in [-0.05, 0) is 92.0 Å². The zero-order valence-corrected chi connectivity index (χ0v) is 27.2. The fourth-order valence-electron chi connectivity index (χ4n) is 2.96. The third-order valence-electron chi connectivity index (χ3n) is 4.59. The van der Waals surface area contributed by atoms with Crippen molar-refractivity contribution in [1.82, 2.24) is 15.6 Å². The Labute approximate surface area is 258 Å². The summed E-state index contributed by atoms with van der Waals surface area (Å²) in [7, 11) is 1.93. The van der Waals surface area contributed by atoms with Crippen molar-refractivity contribution in [2.45, 2.75) is 61.9 Å². The molecule has 8 nitrogen and oxygen atoms in total. The van der Waals surface area contributed by atoms with Crippen LogP contribution in [0.1, 0.15) is 68.6 Å². The first kappa shape index (κ1) is 43.6. The maximum atomic E-state index is 13.8. The van der Waals surface area contributed by atoms with E-state index < -0.39 is 11.6 Å². The molecule has 0 fully saturated rings. The molecule has 2 aromatic carbocycles. The summed E-state index contributed by atoms with van der Waals surface area (Å²) in [6, 6.07) is 9.31.